The third-order valence-corrected chi connectivity index (χ3v) is 2.89. The average Bonchev–Trinajstić information content (AvgIpc) is 2.36. The normalized spacial score (nSPS) is 12.1. The van der Waals surface area contributed by atoms with Crippen molar-refractivity contribution in [2.75, 3.05) is 13.2 Å². The topological polar surface area (TPSA) is 71.1 Å². The molecule has 0 saturated carbocycles. The molecule has 0 saturated heterocycles. The van der Waals surface area contributed by atoms with Gasteiger partial charge in [-0.3, -0.25) is 4.89 Å². The molecule has 0 bridgehead atoms. The average molecular weight is 290 g/mol. The van der Waals surface area contributed by atoms with Crippen LogP contribution in [0.2, 0.25) is 0 Å². The van der Waals surface area contributed by atoms with Gasteiger partial charge < -0.3 is 9.47 Å². The summed E-state index contributed by atoms with van der Waals surface area (Å²) in [4.78, 5) is 32.3. The van der Waals surface area contributed by atoms with Crippen LogP contribution < -0.4 is 0 Å². The number of rotatable bonds is 9. The molecule has 0 aliphatic rings. The van der Waals surface area contributed by atoms with E-state index in [4.69, 9.17) is 14.4 Å². The molecule has 0 aliphatic heterocycles. The minimum Gasteiger partial charge on any atom is -0.458 e. The summed E-state index contributed by atoms with van der Waals surface area (Å²) >= 11 is 0. The Kier molecular flexibility index (Phi) is 7.75. The lowest BCUT2D eigenvalue weighted by molar-refractivity contribution is -0.327. The zero-order valence-corrected chi connectivity index (χ0v) is 13.3. The lowest BCUT2D eigenvalue weighted by Gasteiger charge is -2.23. The van der Waals surface area contributed by atoms with Crippen molar-refractivity contribution in [1.29, 1.82) is 0 Å². The molecule has 0 unspecified atom stereocenters. The Balaban J connectivity index is 3.85. The molecule has 0 aromatic heterocycles. The van der Waals surface area contributed by atoms with Crippen molar-refractivity contribution in [3.05, 3.63) is 0 Å². The molecule has 0 radical (unpaired) electrons. The van der Waals surface area contributed by atoms with Gasteiger partial charge in [-0.15, -0.1) is 0 Å². The van der Waals surface area contributed by atoms with E-state index in [1.54, 1.807) is 27.7 Å². The van der Waals surface area contributed by atoms with Crippen molar-refractivity contribution in [3.63, 3.8) is 0 Å². The van der Waals surface area contributed by atoms with Gasteiger partial charge in [-0.2, -0.15) is 4.89 Å². The molecule has 0 amide bonds. The molecule has 0 heterocycles. The standard InChI is InChI=1S/C14H26O6/c1-7-13(3,4)18-11(15)9-17-10-12(16)19-20-14(5,6)8-2/h7-10H2,1-6H3. The van der Waals surface area contributed by atoms with Gasteiger partial charge in [0.05, 0.1) is 0 Å². The molecule has 0 fully saturated rings. The second-order valence-corrected chi connectivity index (χ2v) is 5.73. The van der Waals surface area contributed by atoms with Crippen LogP contribution in [-0.4, -0.2) is 36.4 Å². The van der Waals surface area contributed by atoms with E-state index in [9.17, 15) is 9.59 Å². The molecule has 6 nitrogen and oxygen atoms in total. The largest absolute Gasteiger partial charge is 0.458 e. The molecule has 0 aromatic rings. The van der Waals surface area contributed by atoms with Crippen LogP contribution in [-0.2, 0) is 28.8 Å². The van der Waals surface area contributed by atoms with Gasteiger partial charge in [0, 0.05) is 0 Å². The molecule has 6 heteroatoms. The Morgan fingerprint density at radius 3 is 1.85 bits per heavy atom. The molecular weight excluding hydrogens is 264 g/mol. The summed E-state index contributed by atoms with van der Waals surface area (Å²) in [5, 5.41) is 0. The molecule has 20 heavy (non-hydrogen) atoms. The fourth-order valence-electron chi connectivity index (χ4n) is 0.870. The minimum absolute atomic E-state index is 0.296. The molecule has 118 valence electrons. The van der Waals surface area contributed by atoms with E-state index in [-0.39, 0.29) is 13.2 Å². The minimum atomic E-state index is -0.686. The van der Waals surface area contributed by atoms with Crippen LogP contribution in [0.5, 0.6) is 0 Å². The first-order chi connectivity index (χ1) is 9.12. The molecule has 0 spiro atoms. The van der Waals surface area contributed by atoms with Crippen LogP contribution in [0.15, 0.2) is 0 Å². The van der Waals surface area contributed by atoms with Crippen LogP contribution in [0, 0.1) is 0 Å². The summed E-state index contributed by atoms with van der Waals surface area (Å²) in [6, 6.07) is 0. The zero-order valence-electron chi connectivity index (χ0n) is 13.3. The van der Waals surface area contributed by atoms with Crippen molar-refractivity contribution in [2.24, 2.45) is 0 Å². The number of esters is 1. The predicted molar refractivity (Wildman–Crippen MR) is 72.8 cm³/mol. The Morgan fingerprint density at radius 1 is 0.850 bits per heavy atom. The van der Waals surface area contributed by atoms with Crippen molar-refractivity contribution in [2.45, 2.75) is 65.6 Å². The molecular formula is C14H26O6. The highest BCUT2D eigenvalue weighted by molar-refractivity contribution is 5.73. The van der Waals surface area contributed by atoms with Gasteiger partial charge in [0.25, 0.3) is 0 Å². The van der Waals surface area contributed by atoms with E-state index >= 15 is 0 Å². The van der Waals surface area contributed by atoms with Crippen molar-refractivity contribution in [1.82, 2.24) is 0 Å². The number of hydrogen-bond donors (Lipinski definition) is 0. The van der Waals surface area contributed by atoms with Gasteiger partial charge >= 0.3 is 11.9 Å². The van der Waals surface area contributed by atoms with Crippen LogP contribution in [0.3, 0.4) is 0 Å². The van der Waals surface area contributed by atoms with Gasteiger partial charge in [0.1, 0.15) is 24.4 Å². The molecule has 0 rings (SSSR count). The smallest absolute Gasteiger partial charge is 0.367 e. The number of carbonyl (C=O) groups excluding carboxylic acids is 2. The van der Waals surface area contributed by atoms with Gasteiger partial charge in [-0.25, -0.2) is 9.59 Å². The predicted octanol–water partition coefficient (Wildman–Crippen LogP) is 2.40. The maximum absolute atomic E-state index is 11.4. The first kappa shape index (κ1) is 18.9. The first-order valence-electron chi connectivity index (χ1n) is 6.80. The number of ether oxygens (including phenoxy) is 2. The molecule has 0 aromatic carbocycles. The van der Waals surface area contributed by atoms with Gasteiger partial charge in [-0.05, 0) is 40.5 Å². The zero-order chi connectivity index (χ0) is 15.8. The number of carbonyl (C=O) groups is 2. The van der Waals surface area contributed by atoms with E-state index < -0.39 is 23.1 Å². The molecule has 0 aliphatic carbocycles. The fraction of sp³-hybridized carbons (Fsp3) is 0.857. The summed E-state index contributed by atoms with van der Waals surface area (Å²) in [6.45, 7) is 10.4. The number of hydrogen-bond acceptors (Lipinski definition) is 6. The summed E-state index contributed by atoms with van der Waals surface area (Å²) < 4.78 is 10.1. The fourth-order valence-corrected chi connectivity index (χ4v) is 0.870. The lowest BCUT2D eigenvalue weighted by atomic mass is 10.1. The van der Waals surface area contributed by atoms with E-state index in [0.717, 1.165) is 0 Å². The summed E-state index contributed by atoms with van der Waals surface area (Å²) in [6.07, 6.45) is 1.39. The maximum atomic E-state index is 11.4. The van der Waals surface area contributed by atoms with Crippen molar-refractivity contribution in [3.8, 4) is 0 Å². The van der Waals surface area contributed by atoms with E-state index in [2.05, 4.69) is 4.89 Å². The second-order valence-electron chi connectivity index (χ2n) is 5.73. The van der Waals surface area contributed by atoms with Crippen LogP contribution >= 0.6 is 0 Å². The first-order valence-corrected chi connectivity index (χ1v) is 6.80. The van der Waals surface area contributed by atoms with Gasteiger partial charge in [-0.1, -0.05) is 13.8 Å². The molecule has 0 N–H and O–H groups in total. The second kappa shape index (κ2) is 8.21. The van der Waals surface area contributed by atoms with Crippen LogP contribution in [0.1, 0.15) is 54.4 Å². The van der Waals surface area contributed by atoms with Gasteiger partial charge in [0.2, 0.25) is 0 Å². The highest BCUT2D eigenvalue weighted by Crippen LogP contribution is 2.14. The van der Waals surface area contributed by atoms with Crippen LogP contribution in [0.4, 0.5) is 0 Å². The summed E-state index contributed by atoms with van der Waals surface area (Å²) in [7, 11) is 0. The Hall–Kier alpha value is -1.14. The maximum Gasteiger partial charge on any atom is 0.367 e. The highest BCUT2D eigenvalue weighted by Gasteiger charge is 2.22. The summed E-state index contributed by atoms with van der Waals surface area (Å²) in [5.74, 6) is -1.20. The lowest BCUT2D eigenvalue weighted by Crippen LogP contribution is -2.30. The Bertz CT molecular complexity index is 322. The monoisotopic (exact) mass is 290 g/mol. The van der Waals surface area contributed by atoms with Crippen molar-refractivity contribution < 1.29 is 28.8 Å². The Morgan fingerprint density at radius 2 is 1.35 bits per heavy atom. The third kappa shape index (κ3) is 8.87. The van der Waals surface area contributed by atoms with E-state index in [1.165, 1.54) is 0 Å². The molecule has 0 atom stereocenters. The SMILES string of the molecule is CCC(C)(C)OOC(=O)COCC(=O)OC(C)(C)CC. The third-order valence-electron chi connectivity index (χ3n) is 2.89. The van der Waals surface area contributed by atoms with E-state index in [0.29, 0.717) is 12.8 Å². The Labute approximate surface area is 120 Å². The van der Waals surface area contributed by atoms with E-state index in [1.807, 2.05) is 13.8 Å². The highest BCUT2D eigenvalue weighted by atomic mass is 17.2. The van der Waals surface area contributed by atoms with Gasteiger partial charge in [0.15, 0.2) is 0 Å². The quantitative estimate of drug-likeness (QED) is 0.369. The van der Waals surface area contributed by atoms with Crippen LogP contribution in [0.25, 0.3) is 0 Å². The van der Waals surface area contributed by atoms with Crippen molar-refractivity contribution >= 4 is 11.9 Å². The summed E-state index contributed by atoms with van der Waals surface area (Å²) in [5.41, 5.74) is -1.07.